The first-order chi connectivity index (χ1) is 9.08. The maximum absolute atomic E-state index is 12.6. The van der Waals surface area contributed by atoms with Crippen molar-refractivity contribution >= 4 is 5.91 Å². The van der Waals surface area contributed by atoms with Gasteiger partial charge >= 0.3 is 0 Å². The van der Waals surface area contributed by atoms with Gasteiger partial charge in [0.25, 0.3) is 5.91 Å². The highest BCUT2D eigenvalue weighted by atomic mass is 16.3. The molecule has 2 heterocycles. The topological polar surface area (TPSA) is 45.5 Å². The third kappa shape index (κ3) is 3.60. The summed E-state index contributed by atoms with van der Waals surface area (Å²) in [6, 6.07) is 2.21. The molecule has 4 heteroatoms. The van der Waals surface area contributed by atoms with E-state index in [0.29, 0.717) is 23.3 Å². The van der Waals surface area contributed by atoms with Gasteiger partial charge in [0.1, 0.15) is 5.76 Å². The van der Waals surface area contributed by atoms with Gasteiger partial charge in [0.2, 0.25) is 0 Å². The van der Waals surface area contributed by atoms with Gasteiger partial charge in [0, 0.05) is 19.1 Å². The smallest absolute Gasteiger partial charge is 0.257 e. The van der Waals surface area contributed by atoms with Crippen LogP contribution in [0.25, 0.3) is 0 Å². The average Bonchev–Trinajstić information content (AvgIpc) is 2.98. The van der Waals surface area contributed by atoms with E-state index in [1.807, 2.05) is 11.8 Å². The maximum Gasteiger partial charge on any atom is 0.257 e. The molecule has 0 spiro atoms. The minimum absolute atomic E-state index is 0.0913. The first kappa shape index (κ1) is 14.1. The van der Waals surface area contributed by atoms with Crippen LogP contribution in [0.2, 0.25) is 0 Å². The van der Waals surface area contributed by atoms with Gasteiger partial charge in [-0.25, -0.2) is 0 Å². The predicted octanol–water partition coefficient (Wildman–Crippen LogP) is 2.44. The number of carbonyl (C=O) groups excluding carboxylic acids is 1. The van der Waals surface area contributed by atoms with Crippen molar-refractivity contribution in [1.82, 2.24) is 10.2 Å². The van der Waals surface area contributed by atoms with Crippen LogP contribution < -0.4 is 5.32 Å². The number of nitrogens with one attached hydrogen (secondary N) is 1. The van der Waals surface area contributed by atoms with Crippen molar-refractivity contribution in [1.29, 1.82) is 0 Å². The second kappa shape index (κ2) is 6.24. The molecule has 1 atom stereocenters. The number of hydrogen-bond acceptors (Lipinski definition) is 3. The summed E-state index contributed by atoms with van der Waals surface area (Å²) in [7, 11) is 0. The lowest BCUT2D eigenvalue weighted by molar-refractivity contribution is 0.0719. The van der Waals surface area contributed by atoms with Crippen LogP contribution in [-0.4, -0.2) is 36.5 Å². The van der Waals surface area contributed by atoms with Crippen LogP contribution >= 0.6 is 0 Å². The Morgan fingerprint density at radius 2 is 2.37 bits per heavy atom. The SMILES string of the molecule is Cc1occc1C(=O)N(CC(C)C)CC1CCCN1. The fraction of sp³-hybridized carbons (Fsp3) is 0.667. The molecule has 1 aliphatic heterocycles. The quantitative estimate of drug-likeness (QED) is 0.888. The minimum Gasteiger partial charge on any atom is -0.469 e. The second-order valence-corrected chi connectivity index (χ2v) is 5.79. The minimum atomic E-state index is 0.0913. The van der Waals surface area contributed by atoms with Crippen molar-refractivity contribution < 1.29 is 9.21 Å². The number of furan rings is 1. The van der Waals surface area contributed by atoms with Crippen LogP contribution in [0.4, 0.5) is 0 Å². The van der Waals surface area contributed by atoms with Crippen molar-refractivity contribution in [3.63, 3.8) is 0 Å². The molecule has 0 saturated carbocycles. The van der Waals surface area contributed by atoms with E-state index in [4.69, 9.17) is 4.42 Å². The molecule has 4 nitrogen and oxygen atoms in total. The molecule has 0 radical (unpaired) electrons. The molecule has 2 rings (SSSR count). The van der Waals surface area contributed by atoms with Crippen molar-refractivity contribution in [2.24, 2.45) is 5.92 Å². The summed E-state index contributed by atoms with van der Waals surface area (Å²) in [4.78, 5) is 14.6. The number of aryl methyl sites for hydroxylation is 1. The van der Waals surface area contributed by atoms with Crippen LogP contribution in [-0.2, 0) is 0 Å². The zero-order valence-corrected chi connectivity index (χ0v) is 12.1. The van der Waals surface area contributed by atoms with Gasteiger partial charge in [-0.1, -0.05) is 13.8 Å². The Labute approximate surface area is 115 Å². The molecule has 1 aliphatic rings. The van der Waals surface area contributed by atoms with Gasteiger partial charge in [-0.2, -0.15) is 0 Å². The monoisotopic (exact) mass is 264 g/mol. The molecule has 1 saturated heterocycles. The van der Waals surface area contributed by atoms with Crippen molar-refractivity contribution in [2.75, 3.05) is 19.6 Å². The van der Waals surface area contributed by atoms with E-state index in [0.717, 1.165) is 26.1 Å². The summed E-state index contributed by atoms with van der Waals surface area (Å²) >= 11 is 0. The Morgan fingerprint density at radius 1 is 1.58 bits per heavy atom. The highest BCUT2D eigenvalue weighted by Gasteiger charge is 2.24. The predicted molar refractivity (Wildman–Crippen MR) is 75.2 cm³/mol. The molecule has 1 unspecified atom stereocenters. The van der Waals surface area contributed by atoms with Gasteiger partial charge in [0.05, 0.1) is 11.8 Å². The Balaban J connectivity index is 2.07. The van der Waals surface area contributed by atoms with Crippen molar-refractivity contribution in [3.8, 4) is 0 Å². The number of hydrogen-bond donors (Lipinski definition) is 1. The Bertz CT molecular complexity index is 420. The van der Waals surface area contributed by atoms with E-state index < -0.39 is 0 Å². The summed E-state index contributed by atoms with van der Waals surface area (Å²) in [6.07, 6.45) is 3.95. The molecule has 0 aliphatic carbocycles. The first-order valence-corrected chi connectivity index (χ1v) is 7.14. The third-order valence-electron chi connectivity index (χ3n) is 3.57. The average molecular weight is 264 g/mol. The lowest BCUT2D eigenvalue weighted by Gasteiger charge is -2.27. The summed E-state index contributed by atoms with van der Waals surface area (Å²) in [5.74, 6) is 1.27. The molecule has 1 aromatic heterocycles. The van der Waals surface area contributed by atoms with Crippen molar-refractivity contribution in [2.45, 2.75) is 39.7 Å². The zero-order valence-electron chi connectivity index (χ0n) is 12.1. The zero-order chi connectivity index (χ0) is 13.8. The number of nitrogens with zero attached hydrogens (tertiary/aromatic N) is 1. The Kier molecular flexibility index (Phi) is 4.64. The van der Waals surface area contributed by atoms with Gasteiger partial charge < -0.3 is 14.6 Å². The fourth-order valence-electron chi connectivity index (χ4n) is 2.64. The summed E-state index contributed by atoms with van der Waals surface area (Å²) < 4.78 is 5.25. The van der Waals surface area contributed by atoms with Gasteiger partial charge in [-0.3, -0.25) is 4.79 Å². The standard InChI is InChI=1S/C15H24N2O2/c1-11(2)9-17(10-13-5-4-7-16-13)15(18)14-6-8-19-12(14)3/h6,8,11,13,16H,4-5,7,9-10H2,1-3H3. The summed E-state index contributed by atoms with van der Waals surface area (Å²) in [5, 5.41) is 3.46. The van der Waals surface area contributed by atoms with E-state index in [2.05, 4.69) is 19.2 Å². The Morgan fingerprint density at radius 3 is 2.89 bits per heavy atom. The maximum atomic E-state index is 12.6. The number of amides is 1. The highest BCUT2D eigenvalue weighted by molar-refractivity contribution is 5.95. The van der Waals surface area contributed by atoms with E-state index in [1.165, 1.54) is 6.42 Å². The lowest BCUT2D eigenvalue weighted by Crippen LogP contribution is -2.42. The number of rotatable bonds is 5. The molecular weight excluding hydrogens is 240 g/mol. The lowest BCUT2D eigenvalue weighted by atomic mass is 10.1. The van der Waals surface area contributed by atoms with Gasteiger partial charge in [0.15, 0.2) is 0 Å². The molecule has 1 fully saturated rings. The highest BCUT2D eigenvalue weighted by Crippen LogP contribution is 2.15. The van der Waals surface area contributed by atoms with Gasteiger partial charge in [-0.15, -0.1) is 0 Å². The third-order valence-corrected chi connectivity index (χ3v) is 3.57. The molecule has 0 bridgehead atoms. The Hall–Kier alpha value is -1.29. The van der Waals surface area contributed by atoms with Crippen LogP contribution in [0.5, 0.6) is 0 Å². The van der Waals surface area contributed by atoms with Crippen LogP contribution in [0.1, 0.15) is 42.8 Å². The first-order valence-electron chi connectivity index (χ1n) is 7.14. The van der Waals surface area contributed by atoms with Crippen molar-refractivity contribution in [3.05, 3.63) is 23.7 Å². The second-order valence-electron chi connectivity index (χ2n) is 5.79. The molecule has 1 N–H and O–H groups in total. The van der Waals surface area contributed by atoms with E-state index in [-0.39, 0.29) is 5.91 Å². The molecule has 0 aromatic carbocycles. The molecule has 1 aromatic rings. The summed E-state index contributed by atoms with van der Waals surface area (Å²) in [6.45, 7) is 8.78. The van der Waals surface area contributed by atoms with E-state index in [1.54, 1.807) is 12.3 Å². The van der Waals surface area contributed by atoms with Crippen LogP contribution in [0.15, 0.2) is 16.7 Å². The largest absolute Gasteiger partial charge is 0.469 e. The van der Waals surface area contributed by atoms with E-state index in [9.17, 15) is 4.79 Å². The normalized spacial score (nSPS) is 19.1. The van der Waals surface area contributed by atoms with E-state index >= 15 is 0 Å². The van der Waals surface area contributed by atoms with Crippen LogP contribution in [0.3, 0.4) is 0 Å². The fourth-order valence-corrected chi connectivity index (χ4v) is 2.64. The molecular formula is C15H24N2O2. The van der Waals surface area contributed by atoms with Crippen LogP contribution in [0, 0.1) is 12.8 Å². The number of carbonyl (C=O) groups is 1. The molecule has 19 heavy (non-hydrogen) atoms. The molecule has 106 valence electrons. The van der Waals surface area contributed by atoms with Gasteiger partial charge in [-0.05, 0) is 38.3 Å². The summed E-state index contributed by atoms with van der Waals surface area (Å²) in [5.41, 5.74) is 0.693. The molecule has 1 amide bonds.